The average Bonchev–Trinajstić information content (AvgIpc) is 2.48. The molecule has 1 aromatic carbocycles. The van der Waals surface area contributed by atoms with Crippen molar-refractivity contribution in [1.82, 2.24) is 4.90 Å². The number of piperidine rings is 1. The van der Waals surface area contributed by atoms with Gasteiger partial charge in [-0.1, -0.05) is 13.0 Å². The van der Waals surface area contributed by atoms with Crippen molar-refractivity contribution in [3.05, 3.63) is 35.4 Å². The Bertz CT molecular complexity index is 476. The summed E-state index contributed by atoms with van der Waals surface area (Å²) in [5.74, 6) is -0.907. The van der Waals surface area contributed by atoms with E-state index in [1.807, 2.05) is 11.8 Å². The van der Waals surface area contributed by atoms with Gasteiger partial charge < -0.3 is 4.90 Å². The first-order valence-corrected chi connectivity index (χ1v) is 7.32. The normalized spacial score (nSPS) is 19.1. The number of halogens is 2. The van der Waals surface area contributed by atoms with Crippen molar-refractivity contribution in [2.75, 3.05) is 13.1 Å². The molecule has 1 aromatic rings. The number of amides is 1. The maximum atomic E-state index is 13.1. The van der Waals surface area contributed by atoms with E-state index in [0.717, 1.165) is 44.3 Å². The van der Waals surface area contributed by atoms with Crippen LogP contribution in [0.4, 0.5) is 8.78 Å². The molecule has 1 atom stereocenters. The standard InChI is InChI=1S/C16H21F2NO/c1-2-16(20)19-9-3-4-13(11-19)6-5-12-7-8-14(17)15(18)10-12/h7-8,10,13H,2-6,9,11H2,1H3/t13-/m0/s1. The first kappa shape index (κ1) is 14.9. The molecule has 0 N–H and O–H groups in total. The van der Waals surface area contributed by atoms with Gasteiger partial charge in [0, 0.05) is 19.5 Å². The molecule has 0 saturated carbocycles. The molecule has 1 amide bonds. The van der Waals surface area contributed by atoms with Crippen LogP contribution in [0.15, 0.2) is 18.2 Å². The summed E-state index contributed by atoms with van der Waals surface area (Å²) in [4.78, 5) is 13.6. The van der Waals surface area contributed by atoms with Gasteiger partial charge in [0.1, 0.15) is 0 Å². The summed E-state index contributed by atoms with van der Waals surface area (Å²) in [6.07, 6.45) is 4.34. The van der Waals surface area contributed by atoms with E-state index in [2.05, 4.69) is 0 Å². The second kappa shape index (κ2) is 6.82. The molecule has 0 aliphatic carbocycles. The van der Waals surface area contributed by atoms with Gasteiger partial charge in [-0.05, 0) is 49.3 Å². The number of likely N-dealkylation sites (tertiary alicyclic amines) is 1. The van der Waals surface area contributed by atoms with Gasteiger partial charge >= 0.3 is 0 Å². The van der Waals surface area contributed by atoms with Crippen LogP contribution in [0.1, 0.15) is 38.2 Å². The Morgan fingerprint density at radius 2 is 2.15 bits per heavy atom. The highest BCUT2D eigenvalue weighted by atomic mass is 19.2. The number of benzene rings is 1. The molecule has 0 aromatic heterocycles. The molecule has 1 saturated heterocycles. The minimum absolute atomic E-state index is 0.211. The van der Waals surface area contributed by atoms with Crippen molar-refractivity contribution in [2.24, 2.45) is 5.92 Å². The van der Waals surface area contributed by atoms with Crippen LogP contribution in [0.25, 0.3) is 0 Å². The highest BCUT2D eigenvalue weighted by Crippen LogP contribution is 2.22. The predicted molar refractivity (Wildman–Crippen MR) is 74.3 cm³/mol. The van der Waals surface area contributed by atoms with Crippen molar-refractivity contribution >= 4 is 5.91 Å². The minimum atomic E-state index is -0.800. The van der Waals surface area contributed by atoms with Gasteiger partial charge in [0.05, 0.1) is 0 Å². The topological polar surface area (TPSA) is 20.3 Å². The number of hydrogen-bond acceptors (Lipinski definition) is 1. The van der Waals surface area contributed by atoms with Crippen molar-refractivity contribution in [3.8, 4) is 0 Å². The summed E-state index contributed by atoms with van der Waals surface area (Å²) in [6, 6.07) is 4.09. The van der Waals surface area contributed by atoms with Crippen LogP contribution in [0.2, 0.25) is 0 Å². The summed E-state index contributed by atoms with van der Waals surface area (Å²) in [6.45, 7) is 3.54. The zero-order valence-corrected chi connectivity index (χ0v) is 11.9. The summed E-state index contributed by atoms with van der Waals surface area (Å²) in [5.41, 5.74) is 0.822. The number of carbonyl (C=O) groups is 1. The SMILES string of the molecule is CCC(=O)N1CCC[C@@H](CCc2ccc(F)c(F)c2)C1. The largest absolute Gasteiger partial charge is 0.342 e. The monoisotopic (exact) mass is 281 g/mol. The molecule has 2 nitrogen and oxygen atoms in total. The summed E-state index contributed by atoms with van der Waals surface area (Å²) >= 11 is 0. The van der Waals surface area contributed by atoms with Crippen molar-refractivity contribution in [1.29, 1.82) is 0 Å². The van der Waals surface area contributed by atoms with Crippen molar-refractivity contribution in [2.45, 2.75) is 39.0 Å². The van der Waals surface area contributed by atoms with Crippen LogP contribution in [0.5, 0.6) is 0 Å². The Balaban J connectivity index is 1.87. The molecule has 1 aliphatic heterocycles. The first-order chi connectivity index (χ1) is 9.60. The van der Waals surface area contributed by atoms with Gasteiger partial charge in [-0.15, -0.1) is 0 Å². The van der Waals surface area contributed by atoms with E-state index >= 15 is 0 Å². The van der Waals surface area contributed by atoms with Gasteiger partial charge in [0.25, 0.3) is 0 Å². The van der Waals surface area contributed by atoms with Crippen LogP contribution in [0, 0.1) is 17.6 Å². The van der Waals surface area contributed by atoms with E-state index in [0.29, 0.717) is 12.3 Å². The summed E-state index contributed by atoms with van der Waals surface area (Å²) in [5, 5.41) is 0. The molecule has 0 bridgehead atoms. The second-order valence-electron chi connectivity index (χ2n) is 5.49. The molecule has 110 valence electrons. The molecular weight excluding hydrogens is 260 g/mol. The van der Waals surface area contributed by atoms with Crippen LogP contribution >= 0.6 is 0 Å². The molecule has 0 unspecified atom stereocenters. The number of aryl methyl sites for hydroxylation is 1. The van der Waals surface area contributed by atoms with Crippen LogP contribution in [-0.4, -0.2) is 23.9 Å². The molecule has 1 fully saturated rings. The molecule has 20 heavy (non-hydrogen) atoms. The molecule has 1 aliphatic rings. The Labute approximate surface area is 118 Å². The van der Waals surface area contributed by atoms with E-state index in [-0.39, 0.29) is 5.91 Å². The maximum absolute atomic E-state index is 13.1. The highest BCUT2D eigenvalue weighted by molar-refractivity contribution is 5.75. The zero-order chi connectivity index (χ0) is 14.5. The quantitative estimate of drug-likeness (QED) is 0.826. The fourth-order valence-electron chi connectivity index (χ4n) is 2.82. The van der Waals surface area contributed by atoms with Gasteiger partial charge in [0.15, 0.2) is 11.6 Å². The lowest BCUT2D eigenvalue weighted by molar-refractivity contribution is -0.132. The minimum Gasteiger partial charge on any atom is -0.342 e. The fraction of sp³-hybridized carbons (Fsp3) is 0.562. The van der Waals surface area contributed by atoms with E-state index < -0.39 is 11.6 Å². The Hall–Kier alpha value is -1.45. The van der Waals surface area contributed by atoms with Crippen LogP contribution < -0.4 is 0 Å². The smallest absolute Gasteiger partial charge is 0.222 e. The molecule has 0 radical (unpaired) electrons. The third-order valence-electron chi connectivity index (χ3n) is 4.00. The second-order valence-corrected chi connectivity index (χ2v) is 5.49. The summed E-state index contributed by atoms with van der Waals surface area (Å²) in [7, 11) is 0. The zero-order valence-electron chi connectivity index (χ0n) is 11.9. The molecule has 2 rings (SSSR count). The maximum Gasteiger partial charge on any atom is 0.222 e. The molecule has 1 heterocycles. The van der Waals surface area contributed by atoms with Gasteiger partial charge in [0.2, 0.25) is 5.91 Å². The van der Waals surface area contributed by atoms with Gasteiger partial charge in [-0.25, -0.2) is 8.78 Å². The van der Waals surface area contributed by atoms with E-state index in [4.69, 9.17) is 0 Å². The van der Waals surface area contributed by atoms with E-state index in [9.17, 15) is 13.6 Å². The van der Waals surface area contributed by atoms with Crippen molar-refractivity contribution in [3.63, 3.8) is 0 Å². The third-order valence-corrected chi connectivity index (χ3v) is 4.00. The molecule has 4 heteroatoms. The van der Waals surface area contributed by atoms with Gasteiger partial charge in [-0.3, -0.25) is 4.79 Å². The fourth-order valence-corrected chi connectivity index (χ4v) is 2.82. The highest BCUT2D eigenvalue weighted by Gasteiger charge is 2.22. The predicted octanol–water partition coefficient (Wildman–Crippen LogP) is 3.55. The number of carbonyl (C=O) groups excluding carboxylic acids is 1. The molecule has 0 spiro atoms. The summed E-state index contributed by atoms with van der Waals surface area (Å²) < 4.78 is 26.0. The third kappa shape index (κ3) is 3.78. The lowest BCUT2D eigenvalue weighted by atomic mass is 9.91. The Kier molecular flexibility index (Phi) is 5.10. The van der Waals surface area contributed by atoms with E-state index in [1.54, 1.807) is 6.07 Å². The van der Waals surface area contributed by atoms with Crippen LogP contribution in [-0.2, 0) is 11.2 Å². The average molecular weight is 281 g/mol. The number of nitrogens with zero attached hydrogens (tertiary/aromatic N) is 1. The Morgan fingerprint density at radius 3 is 2.85 bits per heavy atom. The van der Waals surface area contributed by atoms with E-state index in [1.165, 1.54) is 12.1 Å². The van der Waals surface area contributed by atoms with Crippen molar-refractivity contribution < 1.29 is 13.6 Å². The van der Waals surface area contributed by atoms with Crippen LogP contribution in [0.3, 0.4) is 0 Å². The lowest BCUT2D eigenvalue weighted by Gasteiger charge is -2.32. The number of rotatable bonds is 4. The Morgan fingerprint density at radius 1 is 1.35 bits per heavy atom. The lowest BCUT2D eigenvalue weighted by Crippen LogP contribution is -2.39. The number of hydrogen-bond donors (Lipinski definition) is 0. The molecular formula is C16H21F2NO. The van der Waals surface area contributed by atoms with Gasteiger partial charge in [-0.2, -0.15) is 0 Å². The first-order valence-electron chi connectivity index (χ1n) is 7.32.